The fourth-order valence-corrected chi connectivity index (χ4v) is 8.77. The van der Waals surface area contributed by atoms with Crippen LogP contribution < -0.4 is 0 Å². The highest BCUT2D eigenvalue weighted by Gasteiger charge is 2.45. The van der Waals surface area contributed by atoms with E-state index in [1.54, 1.807) is 0 Å². The summed E-state index contributed by atoms with van der Waals surface area (Å²) < 4.78 is 2.48. The Bertz CT molecular complexity index is 3000. The van der Waals surface area contributed by atoms with E-state index in [1.165, 1.54) is 49.7 Å². The van der Waals surface area contributed by atoms with Gasteiger partial charge in [-0.3, -0.25) is 0 Å². The van der Waals surface area contributed by atoms with Crippen molar-refractivity contribution in [2.24, 2.45) is 0 Å². The minimum Gasteiger partial charge on any atom is -0.309 e. The Hall–Kier alpha value is -6.84. The number of pyridine rings is 2. The molecule has 0 fully saturated rings. The van der Waals surface area contributed by atoms with Crippen LogP contribution in [0.3, 0.4) is 0 Å². The van der Waals surface area contributed by atoms with Crippen LogP contribution in [0.25, 0.3) is 71.8 Å². The predicted molar refractivity (Wildman–Crippen MR) is 214 cm³/mol. The third-order valence-corrected chi connectivity index (χ3v) is 11.1. The normalized spacial score (nSPS) is 15.0. The smallest absolute Gasteiger partial charge is 0.0972 e. The average molecular weight is 662 g/mol. The third kappa shape index (κ3) is 4.02. The fourth-order valence-electron chi connectivity index (χ4n) is 8.77. The molecule has 0 radical (unpaired) electrons. The second-order valence-corrected chi connectivity index (χ2v) is 13.7. The molecule has 52 heavy (non-hydrogen) atoms. The Morgan fingerprint density at radius 2 is 0.923 bits per heavy atom. The summed E-state index contributed by atoms with van der Waals surface area (Å²) in [4.78, 5) is 10.4. The molecular weight excluding hydrogens is 631 g/mol. The summed E-state index contributed by atoms with van der Waals surface area (Å²) >= 11 is 0. The van der Waals surface area contributed by atoms with Crippen molar-refractivity contribution >= 4 is 43.6 Å². The maximum absolute atomic E-state index is 5.28. The minimum absolute atomic E-state index is 0.537. The second-order valence-electron chi connectivity index (χ2n) is 13.7. The topological polar surface area (TPSA) is 30.7 Å². The predicted octanol–water partition coefficient (Wildman–Crippen LogP) is 11.9. The zero-order chi connectivity index (χ0) is 34.2. The van der Waals surface area contributed by atoms with Gasteiger partial charge >= 0.3 is 0 Å². The van der Waals surface area contributed by atoms with Crippen molar-refractivity contribution < 1.29 is 0 Å². The number of aromatic nitrogens is 3. The number of nitrogens with zero attached hydrogens (tertiary/aromatic N) is 3. The van der Waals surface area contributed by atoms with Crippen LogP contribution in [0.4, 0.5) is 0 Å². The molecule has 0 spiro atoms. The summed E-state index contributed by atoms with van der Waals surface area (Å²) in [6, 6.07) is 67.9. The standard InChI is InChI=1S/C49H31N3/c1-3-12-32(13-4-1)42-30-26-34-22-23-35-27-31-43(51-47(35)46(34)50-42)33-24-28-37(29-25-33)49(36-14-5-2-6-15-36)40-18-8-10-21-45(40)52-44-20-9-7-16-38(44)39-17-11-19-41(49)48(39)52/h1-31H. The lowest BCUT2D eigenvalue weighted by Crippen LogP contribution is -2.35. The van der Waals surface area contributed by atoms with Gasteiger partial charge < -0.3 is 4.57 Å². The molecule has 4 heterocycles. The molecule has 0 bridgehead atoms. The second kappa shape index (κ2) is 11.1. The first-order valence-electron chi connectivity index (χ1n) is 17.8. The highest BCUT2D eigenvalue weighted by Crippen LogP contribution is 2.54. The van der Waals surface area contributed by atoms with E-state index in [0.717, 1.165) is 44.3 Å². The quantitative estimate of drug-likeness (QED) is 0.176. The molecule has 3 aromatic heterocycles. The van der Waals surface area contributed by atoms with Crippen LogP contribution in [0.1, 0.15) is 22.3 Å². The van der Waals surface area contributed by atoms with Crippen LogP contribution in [0.2, 0.25) is 0 Å². The Kier molecular flexibility index (Phi) is 6.17. The Morgan fingerprint density at radius 3 is 1.65 bits per heavy atom. The molecule has 0 saturated heterocycles. The summed E-state index contributed by atoms with van der Waals surface area (Å²) in [5, 5.41) is 4.71. The highest BCUT2D eigenvalue weighted by atomic mass is 15.0. The van der Waals surface area contributed by atoms with Crippen molar-refractivity contribution in [3.8, 4) is 28.2 Å². The van der Waals surface area contributed by atoms with Crippen LogP contribution in [-0.2, 0) is 5.41 Å². The maximum atomic E-state index is 5.28. The van der Waals surface area contributed by atoms with Gasteiger partial charge in [-0.2, -0.15) is 0 Å². The Labute approximate surface area is 301 Å². The van der Waals surface area contributed by atoms with Crippen molar-refractivity contribution in [1.82, 2.24) is 14.5 Å². The van der Waals surface area contributed by atoms with Crippen LogP contribution >= 0.6 is 0 Å². The van der Waals surface area contributed by atoms with Gasteiger partial charge in [0.2, 0.25) is 0 Å². The van der Waals surface area contributed by atoms with Gasteiger partial charge in [-0.15, -0.1) is 0 Å². The lowest BCUT2D eigenvalue weighted by Gasteiger charge is -2.41. The first kappa shape index (κ1) is 28.9. The number of hydrogen-bond donors (Lipinski definition) is 0. The molecule has 0 aliphatic carbocycles. The Balaban J connectivity index is 1.13. The van der Waals surface area contributed by atoms with Gasteiger partial charge in [-0.1, -0.05) is 164 Å². The van der Waals surface area contributed by atoms with Gasteiger partial charge in [0.1, 0.15) is 0 Å². The first-order valence-corrected chi connectivity index (χ1v) is 17.8. The summed E-state index contributed by atoms with van der Waals surface area (Å²) in [6.45, 7) is 0. The van der Waals surface area contributed by atoms with Gasteiger partial charge in [0.05, 0.1) is 44.6 Å². The van der Waals surface area contributed by atoms with E-state index < -0.39 is 5.41 Å². The minimum atomic E-state index is -0.537. The summed E-state index contributed by atoms with van der Waals surface area (Å²) in [6.07, 6.45) is 0. The lowest BCUT2D eigenvalue weighted by atomic mass is 9.63. The van der Waals surface area contributed by atoms with Crippen LogP contribution in [0.5, 0.6) is 0 Å². The van der Waals surface area contributed by atoms with Gasteiger partial charge in [0, 0.05) is 32.7 Å². The van der Waals surface area contributed by atoms with E-state index in [-0.39, 0.29) is 0 Å². The highest BCUT2D eigenvalue weighted by molar-refractivity contribution is 6.12. The first-order chi connectivity index (χ1) is 25.8. The van der Waals surface area contributed by atoms with E-state index in [9.17, 15) is 0 Å². The zero-order valence-electron chi connectivity index (χ0n) is 28.2. The van der Waals surface area contributed by atoms with Gasteiger partial charge in [-0.25, -0.2) is 9.97 Å². The van der Waals surface area contributed by atoms with E-state index >= 15 is 0 Å². The molecule has 1 unspecified atom stereocenters. The molecular formula is C49H31N3. The van der Waals surface area contributed by atoms with Crippen molar-refractivity contribution in [3.05, 3.63) is 210 Å². The third-order valence-electron chi connectivity index (χ3n) is 11.1. The van der Waals surface area contributed by atoms with Gasteiger partial charge in [0.25, 0.3) is 0 Å². The molecule has 1 aliphatic heterocycles. The van der Waals surface area contributed by atoms with E-state index in [4.69, 9.17) is 9.97 Å². The van der Waals surface area contributed by atoms with Crippen LogP contribution in [0, 0.1) is 0 Å². The molecule has 1 atom stereocenters. The van der Waals surface area contributed by atoms with Crippen molar-refractivity contribution in [3.63, 3.8) is 0 Å². The molecule has 0 saturated carbocycles. The van der Waals surface area contributed by atoms with E-state index in [0.29, 0.717) is 0 Å². The molecule has 3 nitrogen and oxygen atoms in total. The molecule has 1 aliphatic rings. The number of benzene rings is 7. The maximum Gasteiger partial charge on any atom is 0.0972 e. The largest absolute Gasteiger partial charge is 0.309 e. The molecule has 10 aromatic rings. The van der Waals surface area contributed by atoms with E-state index in [1.807, 2.05) is 6.07 Å². The average Bonchev–Trinajstić information content (AvgIpc) is 3.57. The zero-order valence-corrected chi connectivity index (χ0v) is 28.2. The SMILES string of the molecule is c1ccc(-c2ccc3ccc4ccc(-c5ccc(C6(c7ccccc7)c7ccccc7-n7c8ccccc8c8cccc6c87)cc5)nc4c3n2)cc1. The molecule has 0 N–H and O–H groups in total. The molecule has 242 valence electrons. The van der Waals surface area contributed by atoms with Crippen LogP contribution in [-0.4, -0.2) is 14.5 Å². The summed E-state index contributed by atoms with van der Waals surface area (Å²) in [5.74, 6) is 0. The van der Waals surface area contributed by atoms with Crippen molar-refractivity contribution in [1.29, 1.82) is 0 Å². The summed E-state index contributed by atoms with van der Waals surface area (Å²) in [7, 11) is 0. The van der Waals surface area contributed by atoms with Crippen LogP contribution in [0.15, 0.2) is 188 Å². The van der Waals surface area contributed by atoms with Gasteiger partial charge in [0.15, 0.2) is 0 Å². The monoisotopic (exact) mass is 661 g/mol. The molecule has 7 aromatic carbocycles. The molecule has 11 rings (SSSR count). The summed E-state index contributed by atoms with van der Waals surface area (Å²) in [5.41, 5.74) is 14.1. The van der Waals surface area contributed by atoms with E-state index in [2.05, 4.69) is 187 Å². The number of hydrogen-bond acceptors (Lipinski definition) is 2. The molecule has 3 heteroatoms. The molecule has 0 amide bonds. The number of para-hydroxylation sites is 3. The number of fused-ring (bicyclic) bond motifs is 8. The van der Waals surface area contributed by atoms with Gasteiger partial charge in [-0.05, 0) is 46.5 Å². The number of rotatable bonds is 4. The van der Waals surface area contributed by atoms with Crippen molar-refractivity contribution in [2.45, 2.75) is 5.41 Å². The Morgan fingerprint density at radius 1 is 0.385 bits per heavy atom. The fraction of sp³-hybridized carbons (Fsp3) is 0.0204. The lowest BCUT2D eigenvalue weighted by molar-refractivity contribution is 0.728. The van der Waals surface area contributed by atoms with Crippen molar-refractivity contribution in [2.75, 3.05) is 0 Å².